The normalized spacial score (nSPS) is 18.4. The van der Waals surface area contributed by atoms with E-state index in [4.69, 9.17) is 9.47 Å². The summed E-state index contributed by atoms with van der Waals surface area (Å²) in [5.74, 6) is 1.04. The van der Waals surface area contributed by atoms with Crippen molar-refractivity contribution in [2.75, 3.05) is 13.9 Å². The van der Waals surface area contributed by atoms with Gasteiger partial charge in [0.25, 0.3) is 0 Å². The summed E-state index contributed by atoms with van der Waals surface area (Å²) in [6.07, 6.45) is 11.2. The lowest BCUT2D eigenvalue weighted by Gasteiger charge is -2.15. The molecule has 0 aromatic heterocycles. The largest absolute Gasteiger partial charge is 0.359 e. The van der Waals surface area contributed by atoms with Gasteiger partial charge in [0, 0.05) is 7.11 Å². The molecule has 1 rings (SSSR count). The van der Waals surface area contributed by atoms with Crippen LogP contribution in [-0.4, -0.2) is 20.0 Å². The zero-order chi connectivity index (χ0) is 12.9. The summed E-state index contributed by atoms with van der Waals surface area (Å²) in [6, 6.07) is 0. The minimum Gasteiger partial charge on any atom is -0.359 e. The van der Waals surface area contributed by atoms with Crippen molar-refractivity contribution in [2.24, 2.45) is 5.92 Å². The smallest absolute Gasteiger partial charge is 0.146 e. The predicted molar refractivity (Wildman–Crippen MR) is 74.2 cm³/mol. The Morgan fingerprint density at radius 2 is 1.76 bits per heavy atom. The van der Waals surface area contributed by atoms with Crippen LogP contribution in [0, 0.1) is 5.92 Å². The number of hydrogen-bond acceptors (Lipinski definition) is 2. The first-order valence-electron chi connectivity index (χ1n) is 7.35. The van der Waals surface area contributed by atoms with E-state index in [1.54, 1.807) is 7.11 Å². The third-order valence-corrected chi connectivity index (χ3v) is 3.38. The van der Waals surface area contributed by atoms with Crippen molar-refractivity contribution in [2.45, 2.75) is 78.2 Å². The van der Waals surface area contributed by atoms with Crippen molar-refractivity contribution in [1.82, 2.24) is 0 Å². The van der Waals surface area contributed by atoms with Gasteiger partial charge in [0.05, 0.1) is 6.10 Å². The summed E-state index contributed by atoms with van der Waals surface area (Å²) in [5.41, 5.74) is 0. The fourth-order valence-electron chi connectivity index (χ4n) is 2.20. The molecule has 0 aliphatic heterocycles. The molecule has 0 bridgehead atoms. The van der Waals surface area contributed by atoms with Gasteiger partial charge < -0.3 is 9.47 Å². The molecule has 17 heavy (non-hydrogen) atoms. The standard InChI is InChI=1S/C8H18O2.C7H14/c1-4-6-8(5-2)10-7-9-3;1-7-5-3-2-4-6-7/h8H,4-7H2,1-3H3;7H,2-6H2,1H3. The van der Waals surface area contributed by atoms with Crippen molar-refractivity contribution < 1.29 is 9.47 Å². The molecule has 0 N–H and O–H groups in total. The van der Waals surface area contributed by atoms with Crippen molar-refractivity contribution >= 4 is 0 Å². The van der Waals surface area contributed by atoms with Gasteiger partial charge in [-0.25, -0.2) is 0 Å². The highest BCUT2D eigenvalue weighted by Gasteiger charge is 2.06. The maximum atomic E-state index is 5.36. The second-order valence-corrected chi connectivity index (χ2v) is 5.14. The monoisotopic (exact) mass is 244 g/mol. The van der Waals surface area contributed by atoms with Crippen molar-refractivity contribution in [3.63, 3.8) is 0 Å². The SMILES string of the molecule is CC1CCCCC1.CCCC(CC)OCOC. The number of hydrogen-bond donors (Lipinski definition) is 0. The van der Waals surface area contributed by atoms with E-state index in [1.165, 1.54) is 38.5 Å². The Kier molecular flexibility index (Phi) is 12.3. The average Bonchev–Trinajstić information content (AvgIpc) is 2.36. The van der Waals surface area contributed by atoms with Gasteiger partial charge in [0.1, 0.15) is 6.79 Å². The average molecular weight is 244 g/mol. The van der Waals surface area contributed by atoms with Gasteiger partial charge in [0.2, 0.25) is 0 Å². The molecular formula is C15H32O2. The fraction of sp³-hybridized carbons (Fsp3) is 1.00. The van der Waals surface area contributed by atoms with Gasteiger partial charge in [-0.2, -0.15) is 0 Å². The highest BCUT2D eigenvalue weighted by molar-refractivity contribution is 4.59. The molecular weight excluding hydrogens is 212 g/mol. The summed E-state index contributed by atoms with van der Waals surface area (Å²) < 4.78 is 10.2. The first-order chi connectivity index (χ1) is 8.24. The fourth-order valence-corrected chi connectivity index (χ4v) is 2.20. The lowest BCUT2D eigenvalue weighted by Crippen LogP contribution is -2.12. The van der Waals surface area contributed by atoms with E-state index in [-0.39, 0.29) is 0 Å². The molecule has 2 nitrogen and oxygen atoms in total. The highest BCUT2D eigenvalue weighted by atomic mass is 16.7. The Labute approximate surface area is 108 Å². The van der Waals surface area contributed by atoms with Gasteiger partial charge >= 0.3 is 0 Å². The predicted octanol–water partition coefficient (Wildman–Crippen LogP) is 4.77. The molecule has 0 aromatic carbocycles. The lowest BCUT2D eigenvalue weighted by molar-refractivity contribution is -0.0750. The second kappa shape index (κ2) is 12.4. The molecule has 0 saturated heterocycles. The first-order valence-corrected chi connectivity index (χ1v) is 7.35. The van der Waals surface area contributed by atoms with Gasteiger partial charge in [-0.1, -0.05) is 59.3 Å². The first kappa shape index (κ1) is 16.9. The molecule has 1 saturated carbocycles. The Balaban J connectivity index is 0.000000318. The summed E-state index contributed by atoms with van der Waals surface area (Å²) in [4.78, 5) is 0. The van der Waals surface area contributed by atoms with E-state index < -0.39 is 0 Å². The van der Waals surface area contributed by atoms with Crippen LogP contribution in [0.25, 0.3) is 0 Å². The van der Waals surface area contributed by atoms with Crippen LogP contribution in [0.5, 0.6) is 0 Å². The topological polar surface area (TPSA) is 18.5 Å². The second-order valence-electron chi connectivity index (χ2n) is 5.14. The Bertz CT molecular complexity index is 142. The Morgan fingerprint density at radius 3 is 2.12 bits per heavy atom. The van der Waals surface area contributed by atoms with Crippen LogP contribution in [0.15, 0.2) is 0 Å². The van der Waals surface area contributed by atoms with Crippen molar-refractivity contribution in [3.8, 4) is 0 Å². The minimum atomic E-state index is 0.393. The van der Waals surface area contributed by atoms with E-state index in [1.807, 2.05) is 0 Å². The molecule has 0 aromatic rings. The van der Waals surface area contributed by atoms with Gasteiger partial charge in [0.15, 0.2) is 0 Å². The van der Waals surface area contributed by atoms with E-state index in [0.717, 1.165) is 18.8 Å². The third-order valence-electron chi connectivity index (χ3n) is 3.38. The number of methoxy groups -OCH3 is 1. The van der Waals surface area contributed by atoms with Crippen LogP contribution in [0.3, 0.4) is 0 Å². The Hall–Kier alpha value is -0.0800. The molecule has 0 amide bonds. The lowest BCUT2D eigenvalue weighted by atomic mass is 9.91. The molecule has 0 spiro atoms. The van der Waals surface area contributed by atoms with Crippen molar-refractivity contribution in [3.05, 3.63) is 0 Å². The van der Waals surface area contributed by atoms with Gasteiger partial charge in [-0.05, 0) is 18.8 Å². The van der Waals surface area contributed by atoms with Crippen LogP contribution in [-0.2, 0) is 9.47 Å². The molecule has 1 aliphatic rings. The van der Waals surface area contributed by atoms with E-state index in [0.29, 0.717) is 12.9 Å². The van der Waals surface area contributed by atoms with Crippen LogP contribution in [0.2, 0.25) is 0 Å². The molecule has 0 radical (unpaired) electrons. The van der Waals surface area contributed by atoms with Crippen LogP contribution < -0.4 is 0 Å². The zero-order valence-electron chi connectivity index (χ0n) is 12.3. The zero-order valence-corrected chi connectivity index (χ0v) is 12.3. The van der Waals surface area contributed by atoms with E-state index in [2.05, 4.69) is 20.8 Å². The van der Waals surface area contributed by atoms with Gasteiger partial charge in [-0.3, -0.25) is 0 Å². The molecule has 1 aliphatic carbocycles. The molecule has 0 heterocycles. The Morgan fingerprint density at radius 1 is 1.12 bits per heavy atom. The molecule has 104 valence electrons. The summed E-state index contributed by atoms with van der Waals surface area (Å²) in [6.45, 7) is 7.09. The van der Waals surface area contributed by atoms with Crippen LogP contribution in [0.4, 0.5) is 0 Å². The summed E-state index contributed by atoms with van der Waals surface area (Å²) in [7, 11) is 1.65. The molecule has 1 fully saturated rings. The summed E-state index contributed by atoms with van der Waals surface area (Å²) in [5, 5.41) is 0. The van der Waals surface area contributed by atoms with Crippen molar-refractivity contribution in [1.29, 1.82) is 0 Å². The quantitative estimate of drug-likeness (QED) is 0.626. The maximum absolute atomic E-state index is 5.36. The number of ether oxygens (including phenoxy) is 2. The highest BCUT2D eigenvalue weighted by Crippen LogP contribution is 2.22. The summed E-state index contributed by atoms with van der Waals surface area (Å²) >= 11 is 0. The minimum absolute atomic E-state index is 0.393. The number of rotatable bonds is 6. The molecule has 1 unspecified atom stereocenters. The van der Waals surface area contributed by atoms with E-state index in [9.17, 15) is 0 Å². The van der Waals surface area contributed by atoms with Gasteiger partial charge in [-0.15, -0.1) is 0 Å². The molecule has 2 heteroatoms. The van der Waals surface area contributed by atoms with Crippen LogP contribution >= 0.6 is 0 Å². The van der Waals surface area contributed by atoms with Crippen LogP contribution in [0.1, 0.15) is 72.1 Å². The third kappa shape index (κ3) is 10.8. The maximum Gasteiger partial charge on any atom is 0.146 e. The molecule has 1 atom stereocenters. The van der Waals surface area contributed by atoms with E-state index >= 15 is 0 Å².